The predicted molar refractivity (Wildman–Crippen MR) is 63.4 cm³/mol. The highest BCUT2D eigenvalue weighted by molar-refractivity contribution is 4.82. The molecule has 1 aromatic heterocycles. The summed E-state index contributed by atoms with van der Waals surface area (Å²) in [6, 6.07) is 2.22. The van der Waals surface area contributed by atoms with Gasteiger partial charge in [0.25, 0.3) is 5.56 Å². The second kappa shape index (κ2) is 5.80. The van der Waals surface area contributed by atoms with E-state index in [2.05, 4.69) is 10.3 Å². The monoisotopic (exact) mass is 221 g/mol. The normalized spacial score (nSPS) is 16.8. The fourth-order valence-electron chi connectivity index (χ4n) is 2.23. The van der Waals surface area contributed by atoms with E-state index in [9.17, 15) is 4.79 Å². The molecule has 4 heteroatoms. The van der Waals surface area contributed by atoms with E-state index in [0.717, 1.165) is 19.5 Å². The van der Waals surface area contributed by atoms with E-state index in [4.69, 9.17) is 0 Å². The molecule has 0 saturated heterocycles. The van der Waals surface area contributed by atoms with Crippen molar-refractivity contribution in [3.05, 3.63) is 28.9 Å². The number of rotatable bonds is 5. The van der Waals surface area contributed by atoms with Gasteiger partial charge in [-0.3, -0.25) is 9.36 Å². The van der Waals surface area contributed by atoms with Crippen molar-refractivity contribution in [1.29, 1.82) is 0 Å². The quantitative estimate of drug-likeness (QED) is 0.759. The van der Waals surface area contributed by atoms with E-state index >= 15 is 0 Å². The summed E-state index contributed by atoms with van der Waals surface area (Å²) >= 11 is 0. The molecule has 88 valence electrons. The summed E-state index contributed by atoms with van der Waals surface area (Å²) in [4.78, 5) is 15.3. The van der Waals surface area contributed by atoms with Crippen LogP contribution in [0.2, 0.25) is 0 Å². The van der Waals surface area contributed by atoms with Crippen LogP contribution in [-0.4, -0.2) is 22.1 Å². The van der Waals surface area contributed by atoms with E-state index in [1.54, 1.807) is 10.9 Å². The van der Waals surface area contributed by atoms with E-state index in [1.807, 2.05) is 0 Å². The lowest BCUT2D eigenvalue weighted by Crippen LogP contribution is -2.28. The largest absolute Gasteiger partial charge is 0.314 e. The Morgan fingerprint density at radius 3 is 3.00 bits per heavy atom. The molecule has 1 heterocycles. The molecule has 0 unspecified atom stereocenters. The minimum Gasteiger partial charge on any atom is -0.314 e. The fourth-order valence-corrected chi connectivity index (χ4v) is 2.23. The highest BCUT2D eigenvalue weighted by Gasteiger charge is 2.13. The Hall–Kier alpha value is -1.16. The summed E-state index contributed by atoms with van der Waals surface area (Å²) in [5.74, 6) is 0. The molecule has 0 spiro atoms. The molecule has 1 aromatic rings. The van der Waals surface area contributed by atoms with Crippen molar-refractivity contribution >= 4 is 0 Å². The topological polar surface area (TPSA) is 46.9 Å². The Morgan fingerprint density at radius 2 is 2.25 bits per heavy atom. The smallest absolute Gasteiger partial charge is 0.253 e. The lowest BCUT2D eigenvalue weighted by Gasteiger charge is -2.11. The van der Waals surface area contributed by atoms with Crippen molar-refractivity contribution in [3.8, 4) is 0 Å². The standard InChI is InChI=1S/C12H19N3O/c16-12-6-8-13-10-15(12)9-3-7-14-11-4-1-2-5-11/h6,8,10-11,14H,1-5,7,9H2. The molecule has 16 heavy (non-hydrogen) atoms. The van der Waals surface area contributed by atoms with Crippen molar-refractivity contribution in [2.24, 2.45) is 0 Å². The van der Waals surface area contributed by atoms with Gasteiger partial charge in [-0.05, 0) is 25.8 Å². The van der Waals surface area contributed by atoms with E-state index in [-0.39, 0.29) is 5.56 Å². The van der Waals surface area contributed by atoms with E-state index in [1.165, 1.54) is 37.9 Å². The number of nitrogens with one attached hydrogen (secondary N) is 1. The molecule has 4 nitrogen and oxygen atoms in total. The van der Waals surface area contributed by atoms with Gasteiger partial charge in [-0.15, -0.1) is 0 Å². The Labute approximate surface area is 95.7 Å². The summed E-state index contributed by atoms with van der Waals surface area (Å²) in [6.07, 6.45) is 9.48. The van der Waals surface area contributed by atoms with Gasteiger partial charge in [-0.25, -0.2) is 4.98 Å². The maximum Gasteiger partial charge on any atom is 0.253 e. The van der Waals surface area contributed by atoms with Gasteiger partial charge in [0, 0.05) is 24.8 Å². The van der Waals surface area contributed by atoms with Gasteiger partial charge in [-0.2, -0.15) is 0 Å². The SMILES string of the molecule is O=c1ccncn1CCCNC1CCCC1. The van der Waals surface area contributed by atoms with Crippen molar-refractivity contribution in [2.45, 2.75) is 44.7 Å². The first kappa shape index (κ1) is 11.3. The average molecular weight is 221 g/mol. The zero-order valence-electron chi connectivity index (χ0n) is 9.56. The number of hydrogen-bond acceptors (Lipinski definition) is 3. The van der Waals surface area contributed by atoms with Crippen LogP contribution in [0.1, 0.15) is 32.1 Å². The van der Waals surface area contributed by atoms with Crippen LogP contribution in [0.3, 0.4) is 0 Å². The van der Waals surface area contributed by atoms with E-state index < -0.39 is 0 Å². The van der Waals surface area contributed by atoms with Crippen molar-refractivity contribution < 1.29 is 0 Å². The maximum absolute atomic E-state index is 11.4. The molecule has 0 radical (unpaired) electrons. The Kier molecular flexibility index (Phi) is 4.10. The lowest BCUT2D eigenvalue weighted by molar-refractivity contribution is 0.490. The van der Waals surface area contributed by atoms with Gasteiger partial charge >= 0.3 is 0 Å². The molecule has 0 aromatic carbocycles. The lowest BCUT2D eigenvalue weighted by atomic mass is 10.2. The minimum absolute atomic E-state index is 0.0378. The molecule has 2 rings (SSSR count). The predicted octanol–water partition coefficient (Wildman–Crippen LogP) is 1.17. The minimum atomic E-state index is 0.0378. The third-order valence-electron chi connectivity index (χ3n) is 3.16. The average Bonchev–Trinajstić information content (AvgIpc) is 2.79. The van der Waals surface area contributed by atoms with Gasteiger partial charge in [0.05, 0.1) is 6.33 Å². The van der Waals surface area contributed by atoms with Gasteiger partial charge in [0.2, 0.25) is 0 Å². The summed E-state index contributed by atoms with van der Waals surface area (Å²) in [5.41, 5.74) is 0.0378. The molecule has 0 atom stereocenters. The Morgan fingerprint density at radius 1 is 1.44 bits per heavy atom. The second-order valence-corrected chi connectivity index (χ2v) is 4.40. The van der Waals surface area contributed by atoms with Crippen LogP contribution in [-0.2, 0) is 6.54 Å². The summed E-state index contributed by atoms with van der Waals surface area (Å²) in [5, 5.41) is 3.54. The van der Waals surface area contributed by atoms with Crippen LogP contribution in [0.4, 0.5) is 0 Å². The number of hydrogen-bond donors (Lipinski definition) is 1. The molecule has 1 saturated carbocycles. The molecule has 1 fully saturated rings. The molecule has 0 aliphatic heterocycles. The maximum atomic E-state index is 11.4. The summed E-state index contributed by atoms with van der Waals surface area (Å²) in [6.45, 7) is 1.75. The first-order valence-corrected chi connectivity index (χ1v) is 6.10. The summed E-state index contributed by atoms with van der Waals surface area (Å²) < 4.78 is 1.66. The molecular weight excluding hydrogens is 202 g/mol. The number of nitrogens with zero attached hydrogens (tertiary/aromatic N) is 2. The highest BCUT2D eigenvalue weighted by atomic mass is 16.1. The van der Waals surface area contributed by atoms with Gasteiger partial charge in [0.1, 0.15) is 0 Å². The third kappa shape index (κ3) is 3.17. The Balaban J connectivity index is 1.68. The van der Waals surface area contributed by atoms with Crippen LogP contribution in [0, 0.1) is 0 Å². The van der Waals surface area contributed by atoms with Crippen molar-refractivity contribution in [2.75, 3.05) is 6.54 Å². The van der Waals surface area contributed by atoms with Crippen LogP contribution in [0.15, 0.2) is 23.4 Å². The fraction of sp³-hybridized carbons (Fsp3) is 0.667. The van der Waals surface area contributed by atoms with Crippen LogP contribution < -0.4 is 10.9 Å². The molecule has 1 N–H and O–H groups in total. The van der Waals surface area contributed by atoms with Gasteiger partial charge < -0.3 is 5.32 Å². The zero-order chi connectivity index (χ0) is 11.2. The molecule has 1 aliphatic carbocycles. The van der Waals surface area contributed by atoms with Gasteiger partial charge in [0.15, 0.2) is 0 Å². The van der Waals surface area contributed by atoms with Crippen LogP contribution in [0.25, 0.3) is 0 Å². The van der Waals surface area contributed by atoms with Crippen molar-refractivity contribution in [1.82, 2.24) is 14.9 Å². The van der Waals surface area contributed by atoms with Crippen LogP contribution >= 0.6 is 0 Å². The van der Waals surface area contributed by atoms with Crippen LogP contribution in [0.5, 0.6) is 0 Å². The van der Waals surface area contributed by atoms with E-state index in [0.29, 0.717) is 6.04 Å². The first-order chi connectivity index (χ1) is 7.86. The Bertz CT molecular complexity index is 369. The molecule has 1 aliphatic rings. The third-order valence-corrected chi connectivity index (χ3v) is 3.16. The summed E-state index contributed by atoms with van der Waals surface area (Å²) in [7, 11) is 0. The molecule has 0 amide bonds. The number of aromatic nitrogens is 2. The highest BCUT2D eigenvalue weighted by Crippen LogP contribution is 2.17. The van der Waals surface area contributed by atoms with Gasteiger partial charge in [-0.1, -0.05) is 12.8 Å². The second-order valence-electron chi connectivity index (χ2n) is 4.40. The number of aryl methyl sites for hydroxylation is 1. The van der Waals surface area contributed by atoms with Crippen molar-refractivity contribution in [3.63, 3.8) is 0 Å². The zero-order valence-corrected chi connectivity index (χ0v) is 9.56. The first-order valence-electron chi connectivity index (χ1n) is 6.10. The molecular formula is C12H19N3O. The molecule has 0 bridgehead atoms.